The molecule has 0 fully saturated rings. The number of ether oxygens (including phenoxy) is 2. The zero-order valence-electron chi connectivity index (χ0n) is 49.0. The SMILES string of the molecule is c1ccc(-c2nnc(-c3cccc(-c4ccc5c(c4)C4(c6cc(-c7cccc(-c8ccc9c(-c%10cccc(-c%11ccc%12c(c%11)C%11(c%13ccccc%13O%12)c%12ccccc%12-c%12ccccc%12%11)c%10)cccc9n8)c7)ccc6O5)c5ccccc5-c5ccccc54)c3)s2)cc1. The van der Waals surface area contributed by atoms with E-state index in [1.807, 2.05) is 18.2 Å². The maximum absolute atomic E-state index is 7.06. The molecule has 0 radical (unpaired) electrons. The summed E-state index contributed by atoms with van der Waals surface area (Å²) in [4.78, 5) is 5.42. The molecule has 0 atom stereocenters. The van der Waals surface area contributed by atoms with E-state index in [1.54, 1.807) is 11.3 Å². The van der Waals surface area contributed by atoms with E-state index in [2.05, 4.69) is 301 Å². The van der Waals surface area contributed by atoms with Gasteiger partial charge in [-0.3, -0.25) is 0 Å². The van der Waals surface area contributed by atoms with Gasteiger partial charge in [-0.2, -0.15) is 0 Å². The lowest BCUT2D eigenvalue weighted by Gasteiger charge is -2.40. The molecule has 15 aromatic rings. The van der Waals surface area contributed by atoms with Crippen molar-refractivity contribution in [1.29, 1.82) is 0 Å². The lowest BCUT2D eigenvalue weighted by molar-refractivity contribution is 0.436. The zero-order valence-corrected chi connectivity index (χ0v) is 49.8. The van der Waals surface area contributed by atoms with Crippen LogP contribution in [0, 0.1) is 0 Å². The van der Waals surface area contributed by atoms with Gasteiger partial charge in [-0.15, -0.1) is 10.2 Å². The first-order valence-corrected chi connectivity index (χ1v) is 31.8. The number of pyridine rings is 1. The third kappa shape index (κ3) is 7.67. The highest BCUT2D eigenvalue weighted by Crippen LogP contribution is 2.64. The monoisotopic (exact) mass is 1180 g/mol. The summed E-state index contributed by atoms with van der Waals surface area (Å²) < 4.78 is 13.8. The highest BCUT2D eigenvalue weighted by atomic mass is 32.1. The van der Waals surface area contributed by atoms with Crippen LogP contribution < -0.4 is 9.47 Å². The third-order valence-corrected chi connectivity index (χ3v) is 20.4. The van der Waals surface area contributed by atoms with E-state index < -0.39 is 10.8 Å². The summed E-state index contributed by atoms with van der Waals surface area (Å²) in [6, 6.07) is 112. The molecule has 19 rings (SSSR count). The van der Waals surface area contributed by atoms with Crippen molar-refractivity contribution in [3.05, 3.63) is 354 Å². The van der Waals surface area contributed by atoms with Crippen LogP contribution in [-0.2, 0) is 10.8 Å². The van der Waals surface area contributed by atoms with Crippen LogP contribution in [0.15, 0.2) is 309 Å². The molecule has 0 N–H and O–H groups in total. The van der Waals surface area contributed by atoms with E-state index in [9.17, 15) is 0 Å². The standard InChI is InChI=1S/C85H51N3O2S/c1-2-18-52(19-3-1)82-87-88-83(91-82)61-25-16-22-55(48-61)58-40-45-81-75(51-58)85(70-33-10-6-28-65(70)66-29-7-11-34-71(66)85)74-50-57(39-44-80(74)90-81)54-21-15-24-60(47-54)76-42-41-67-62(30-17-36-77(67)86-76)59-23-14-20-53(46-59)56-38-43-79-73(49-56)84(72-35-12-13-37-78(72)89-79)68-31-8-4-26-63(68)64-27-5-9-32-69(64)84/h1-51H. The zero-order chi connectivity index (χ0) is 59.8. The number of benzene rings is 13. The highest BCUT2D eigenvalue weighted by Gasteiger charge is 2.53. The second kappa shape index (κ2) is 20.0. The van der Waals surface area contributed by atoms with Crippen molar-refractivity contribution in [3.8, 4) is 122 Å². The van der Waals surface area contributed by atoms with Gasteiger partial charge in [0.25, 0.3) is 0 Å². The molecule has 0 unspecified atom stereocenters. The largest absolute Gasteiger partial charge is 0.457 e. The van der Waals surface area contributed by atoms with Gasteiger partial charge in [-0.1, -0.05) is 248 Å². The summed E-state index contributed by atoms with van der Waals surface area (Å²) in [6.07, 6.45) is 0. The molecular formula is C85H51N3O2S. The minimum atomic E-state index is -0.682. The minimum Gasteiger partial charge on any atom is -0.457 e. The van der Waals surface area contributed by atoms with Crippen LogP contribution in [0.4, 0.5) is 0 Å². The first kappa shape index (κ1) is 51.5. The molecule has 2 aliphatic heterocycles. The Hall–Kier alpha value is -11.6. The maximum atomic E-state index is 7.06. The van der Waals surface area contributed by atoms with Crippen LogP contribution in [0.5, 0.6) is 23.0 Å². The van der Waals surface area contributed by atoms with Crippen molar-refractivity contribution in [3.63, 3.8) is 0 Å². The van der Waals surface area contributed by atoms with Crippen molar-refractivity contribution < 1.29 is 9.47 Å². The van der Waals surface area contributed by atoms with E-state index >= 15 is 0 Å². The predicted octanol–water partition coefficient (Wildman–Crippen LogP) is 21.7. The summed E-state index contributed by atoms with van der Waals surface area (Å²) in [5.41, 5.74) is 27.2. The van der Waals surface area contributed by atoms with E-state index in [1.165, 1.54) is 44.5 Å². The number of rotatable bonds is 7. The van der Waals surface area contributed by atoms with E-state index in [0.717, 1.165) is 133 Å². The predicted molar refractivity (Wildman–Crippen MR) is 368 cm³/mol. The Balaban J connectivity index is 0.674. The molecule has 6 heteroatoms. The molecule has 91 heavy (non-hydrogen) atoms. The van der Waals surface area contributed by atoms with Gasteiger partial charge in [0, 0.05) is 44.3 Å². The van der Waals surface area contributed by atoms with Crippen LogP contribution in [0.3, 0.4) is 0 Å². The molecule has 2 aromatic heterocycles. The quantitative estimate of drug-likeness (QED) is 0.159. The average Bonchev–Trinajstić information content (AvgIpc) is 1.59. The molecule has 0 amide bonds. The van der Waals surface area contributed by atoms with Gasteiger partial charge in [0.2, 0.25) is 0 Å². The fourth-order valence-electron chi connectivity index (χ4n) is 15.5. The first-order chi connectivity index (χ1) is 45.1. The second-order valence-corrected chi connectivity index (χ2v) is 25.1. The van der Waals surface area contributed by atoms with Crippen molar-refractivity contribution in [1.82, 2.24) is 15.2 Å². The average molecular weight is 1180 g/mol. The number of hydrogen-bond donors (Lipinski definition) is 0. The maximum Gasteiger partial charge on any atom is 0.148 e. The Morgan fingerprint density at radius 3 is 1.16 bits per heavy atom. The molecule has 13 aromatic carbocycles. The van der Waals surface area contributed by atoms with Gasteiger partial charge in [0.15, 0.2) is 0 Å². The smallest absolute Gasteiger partial charge is 0.148 e. The number of para-hydroxylation sites is 1. The minimum absolute atomic E-state index is 0.540. The van der Waals surface area contributed by atoms with E-state index in [-0.39, 0.29) is 0 Å². The van der Waals surface area contributed by atoms with Gasteiger partial charge in [0.1, 0.15) is 33.0 Å². The second-order valence-electron chi connectivity index (χ2n) is 24.1. The number of aromatic nitrogens is 3. The van der Waals surface area contributed by atoms with Gasteiger partial charge in [-0.05, 0) is 162 Å². The summed E-state index contributed by atoms with van der Waals surface area (Å²) in [5.74, 6) is 3.45. The molecule has 4 aliphatic rings. The molecule has 0 saturated carbocycles. The van der Waals surface area contributed by atoms with Crippen LogP contribution in [0.2, 0.25) is 0 Å². The van der Waals surface area contributed by atoms with Crippen LogP contribution in [0.25, 0.3) is 110 Å². The normalized spacial score (nSPS) is 13.6. The Labute approximate surface area is 530 Å². The first-order valence-electron chi connectivity index (χ1n) is 30.9. The molecule has 0 saturated heterocycles. The van der Waals surface area contributed by atoms with Crippen molar-refractivity contribution in [2.45, 2.75) is 10.8 Å². The Morgan fingerprint density at radius 1 is 0.242 bits per heavy atom. The summed E-state index contributed by atoms with van der Waals surface area (Å²) >= 11 is 1.61. The van der Waals surface area contributed by atoms with E-state index in [0.29, 0.717) is 0 Å². The molecular weight excluding hydrogens is 1130 g/mol. The molecule has 4 heterocycles. The molecule has 0 bridgehead atoms. The lowest BCUT2D eigenvalue weighted by atomic mass is 9.65. The topological polar surface area (TPSA) is 57.1 Å². The Bertz CT molecular complexity index is 5440. The van der Waals surface area contributed by atoms with Crippen LogP contribution in [-0.4, -0.2) is 15.2 Å². The fourth-order valence-corrected chi connectivity index (χ4v) is 16.3. The molecule has 2 spiro atoms. The number of fused-ring (bicyclic) bond motifs is 19. The van der Waals surface area contributed by atoms with Crippen molar-refractivity contribution in [2.75, 3.05) is 0 Å². The Morgan fingerprint density at radius 2 is 0.615 bits per heavy atom. The third-order valence-electron chi connectivity index (χ3n) is 19.4. The fraction of sp³-hybridized carbons (Fsp3) is 0.0235. The molecule has 5 nitrogen and oxygen atoms in total. The summed E-state index contributed by atoms with van der Waals surface area (Å²) in [7, 11) is 0. The Kier molecular flexibility index (Phi) is 11.3. The van der Waals surface area contributed by atoms with Gasteiger partial charge in [0.05, 0.1) is 22.0 Å². The molecule has 2 aliphatic carbocycles. The lowest BCUT2D eigenvalue weighted by Crippen LogP contribution is -2.32. The van der Waals surface area contributed by atoms with Gasteiger partial charge < -0.3 is 9.47 Å². The highest BCUT2D eigenvalue weighted by molar-refractivity contribution is 7.17. The van der Waals surface area contributed by atoms with Crippen molar-refractivity contribution in [2.24, 2.45) is 0 Å². The number of nitrogens with zero attached hydrogens (tertiary/aromatic N) is 3. The summed E-state index contributed by atoms with van der Waals surface area (Å²) in [5, 5.41) is 12.1. The van der Waals surface area contributed by atoms with Crippen molar-refractivity contribution >= 4 is 22.2 Å². The van der Waals surface area contributed by atoms with Gasteiger partial charge in [-0.25, -0.2) is 4.98 Å². The molecule has 424 valence electrons. The van der Waals surface area contributed by atoms with Crippen LogP contribution in [0.1, 0.15) is 44.5 Å². The van der Waals surface area contributed by atoms with E-state index in [4.69, 9.17) is 14.5 Å². The summed E-state index contributed by atoms with van der Waals surface area (Å²) in [6.45, 7) is 0. The number of hydrogen-bond acceptors (Lipinski definition) is 6. The van der Waals surface area contributed by atoms with Crippen LogP contribution >= 0.6 is 11.3 Å². The van der Waals surface area contributed by atoms with Gasteiger partial charge >= 0.3 is 0 Å².